The summed E-state index contributed by atoms with van der Waals surface area (Å²) in [6.45, 7) is 1.71. The highest BCUT2D eigenvalue weighted by Gasteiger charge is 2.34. The zero-order chi connectivity index (χ0) is 24.0. The highest BCUT2D eigenvalue weighted by atomic mass is 16.6. The second kappa shape index (κ2) is 10.3. The van der Waals surface area contributed by atoms with Gasteiger partial charge >= 0.3 is 11.9 Å². The van der Waals surface area contributed by atoms with Crippen LogP contribution in [-0.4, -0.2) is 45.5 Å². The number of fused-ring (bicyclic) bond motifs is 1. The molecule has 3 aromatic rings. The zero-order valence-corrected chi connectivity index (χ0v) is 17.6. The van der Waals surface area contributed by atoms with Gasteiger partial charge in [0.1, 0.15) is 11.7 Å². The van der Waals surface area contributed by atoms with Gasteiger partial charge in [-0.2, -0.15) is 0 Å². The molecule has 0 radical (unpaired) electrons. The molecule has 0 saturated carbocycles. The largest absolute Gasteiger partial charge is 0.480 e. The number of nitrogens with zero attached hydrogens (tertiary/aromatic N) is 2. The Bertz CT molecular complexity index is 1190. The second-order valence-electron chi connectivity index (χ2n) is 7.14. The quantitative estimate of drug-likeness (QED) is 0.286. The number of aromatic nitrogens is 1. The number of nitrogens with one attached hydrogen (secondary N) is 1. The normalized spacial score (nSPS) is 12.5. The number of nitro benzene ring substituents is 1. The van der Waals surface area contributed by atoms with Gasteiger partial charge in [-0.3, -0.25) is 19.7 Å². The summed E-state index contributed by atoms with van der Waals surface area (Å²) in [7, 11) is 0. The molecular weight excluding hydrogens is 430 g/mol. The van der Waals surface area contributed by atoms with Gasteiger partial charge in [0.25, 0.3) is 11.6 Å². The van der Waals surface area contributed by atoms with Gasteiger partial charge in [-0.25, -0.2) is 9.78 Å². The van der Waals surface area contributed by atoms with E-state index in [9.17, 15) is 29.6 Å². The molecule has 0 fully saturated rings. The average Bonchev–Trinajstić information content (AvgIpc) is 2.81. The molecule has 2 aromatic carbocycles. The van der Waals surface area contributed by atoms with Crippen molar-refractivity contribution in [3.8, 4) is 0 Å². The first-order chi connectivity index (χ1) is 15.8. The van der Waals surface area contributed by atoms with Crippen molar-refractivity contribution in [3.63, 3.8) is 0 Å². The van der Waals surface area contributed by atoms with Crippen LogP contribution in [0, 0.1) is 10.1 Å². The van der Waals surface area contributed by atoms with E-state index in [-0.39, 0.29) is 24.4 Å². The molecule has 0 aliphatic rings. The van der Waals surface area contributed by atoms with Crippen molar-refractivity contribution in [2.24, 2.45) is 0 Å². The van der Waals surface area contributed by atoms with Crippen molar-refractivity contribution in [2.75, 3.05) is 6.61 Å². The molecule has 10 nitrogen and oxygen atoms in total. The Hall–Kier alpha value is -4.34. The van der Waals surface area contributed by atoms with Crippen molar-refractivity contribution >= 4 is 34.4 Å². The van der Waals surface area contributed by atoms with E-state index in [1.807, 2.05) is 12.1 Å². The fourth-order valence-electron chi connectivity index (χ4n) is 3.41. The molecule has 1 heterocycles. The van der Waals surface area contributed by atoms with E-state index in [0.717, 1.165) is 5.39 Å². The lowest BCUT2D eigenvalue weighted by molar-refractivity contribution is -0.384. The third-order valence-corrected chi connectivity index (χ3v) is 5.01. The van der Waals surface area contributed by atoms with Crippen molar-refractivity contribution in [1.29, 1.82) is 0 Å². The van der Waals surface area contributed by atoms with Crippen LogP contribution in [0.4, 0.5) is 5.69 Å². The summed E-state index contributed by atoms with van der Waals surface area (Å²) in [6.07, 6.45) is -0.353. The van der Waals surface area contributed by atoms with Gasteiger partial charge in [0, 0.05) is 23.4 Å². The monoisotopic (exact) mass is 451 g/mol. The minimum absolute atomic E-state index is 0.0125. The van der Waals surface area contributed by atoms with E-state index in [1.165, 1.54) is 30.3 Å². The number of carboxylic acid groups (broad SMARTS) is 1. The number of non-ortho nitro benzene ring substituents is 1. The number of hydrogen-bond donors (Lipinski definition) is 2. The van der Waals surface area contributed by atoms with Crippen LogP contribution in [0.2, 0.25) is 0 Å². The number of para-hydroxylation sites is 1. The molecule has 0 aliphatic heterocycles. The van der Waals surface area contributed by atoms with Gasteiger partial charge in [0.05, 0.1) is 23.5 Å². The smallest absolute Gasteiger partial charge is 0.326 e. The molecular formula is C23H21N3O7. The summed E-state index contributed by atoms with van der Waals surface area (Å²) in [5, 5.41) is 24.1. The Morgan fingerprint density at radius 1 is 1.09 bits per heavy atom. The predicted octanol–water partition coefficient (Wildman–Crippen LogP) is 3.06. The number of pyridine rings is 1. The fourth-order valence-corrected chi connectivity index (χ4v) is 3.41. The molecule has 1 amide bonds. The first kappa shape index (κ1) is 23.3. The van der Waals surface area contributed by atoms with E-state index in [2.05, 4.69) is 10.3 Å². The maximum absolute atomic E-state index is 12.9. The summed E-state index contributed by atoms with van der Waals surface area (Å²) < 4.78 is 4.96. The molecule has 0 aliphatic carbocycles. The highest BCUT2D eigenvalue weighted by Crippen LogP contribution is 2.27. The number of rotatable bonds is 9. The van der Waals surface area contributed by atoms with Gasteiger partial charge in [-0.05, 0) is 24.6 Å². The standard InChI is InChI=1S/C23H21N3O7/c1-2-33-20(27)13-17(14-7-10-16(11-8-14)26(31)32)21(23(29)30)25-22(28)19-12-9-15-5-3-4-6-18(15)24-19/h3-12,17,21H,2,13H2,1H3,(H,25,28)(H,29,30)/t17-,21+/m0/s1. The van der Waals surface area contributed by atoms with Crippen molar-refractivity contribution < 1.29 is 29.2 Å². The molecule has 1 aromatic heterocycles. The number of nitro groups is 1. The summed E-state index contributed by atoms with van der Waals surface area (Å²) in [6, 6.07) is 13.9. The number of amides is 1. The summed E-state index contributed by atoms with van der Waals surface area (Å²) in [5.74, 6) is -3.81. The average molecular weight is 451 g/mol. The van der Waals surface area contributed by atoms with Crippen LogP contribution in [0.1, 0.15) is 35.3 Å². The highest BCUT2D eigenvalue weighted by molar-refractivity contribution is 5.97. The van der Waals surface area contributed by atoms with Crippen LogP contribution in [0.25, 0.3) is 10.9 Å². The Kier molecular flexibility index (Phi) is 7.29. The Morgan fingerprint density at radius 3 is 2.42 bits per heavy atom. The van der Waals surface area contributed by atoms with Gasteiger partial charge in [0.2, 0.25) is 0 Å². The molecule has 0 spiro atoms. The van der Waals surface area contributed by atoms with Crippen LogP contribution in [-0.2, 0) is 14.3 Å². The second-order valence-corrected chi connectivity index (χ2v) is 7.14. The van der Waals surface area contributed by atoms with Crippen molar-refractivity contribution in [2.45, 2.75) is 25.3 Å². The molecule has 33 heavy (non-hydrogen) atoms. The minimum Gasteiger partial charge on any atom is -0.480 e. The Morgan fingerprint density at radius 2 is 1.79 bits per heavy atom. The third-order valence-electron chi connectivity index (χ3n) is 5.01. The molecule has 0 bridgehead atoms. The molecule has 0 unspecified atom stereocenters. The molecule has 3 rings (SSSR count). The number of benzene rings is 2. The summed E-state index contributed by atoms with van der Waals surface area (Å²) in [5.41, 5.74) is 0.715. The van der Waals surface area contributed by atoms with Crippen LogP contribution in [0.5, 0.6) is 0 Å². The number of aliphatic carboxylic acids is 1. The molecule has 0 saturated heterocycles. The Balaban J connectivity index is 1.92. The van der Waals surface area contributed by atoms with Crippen LogP contribution in [0.15, 0.2) is 60.7 Å². The minimum atomic E-state index is -1.52. The number of carbonyl (C=O) groups excluding carboxylic acids is 2. The van der Waals surface area contributed by atoms with E-state index in [1.54, 1.807) is 25.1 Å². The fraction of sp³-hybridized carbons (Fsp3) is 0.217. The van der Waals surface area contributed by atoms with Crippen LogP contribution < -0.4 is 5.32 Å². The summed E-state index contributed by atoms with van der Waals surface area (Å²) >= 11 is 0. The maximum atomic E-state index is 12.9. The van der Waals surface area contributed by atoms with Gasteiger partial charge < -0.3 is 15.2 Å². The molecule has 2 atom stereocenters. The molecule has 10 heteroatoms. The third kappa shape index (κ3) is 5.67. The van der Waals surface area contributed by atoms with E-state index < -0.39 is 34.7 Å². The first-order valence-corrected chi connectivity index (χ1v) is 10.1. The maximum Gasteiger partial charge on any atom is 0.326 e. The van der Waals surface area contributed by atoms with Gasteiger partial charge in [0.15, 0.2) is 0 Å². The van der Waals surface area contributed by atoms with E-state index in [4.69, 9.17) is 4.74 Å². The number of carboxylic acids is 1. The number of carbonyl (C=O) groups is 3. The van der Waals surface area contributed by atoms with Gasteiger partial charge in [-0.15, -0.1) is 0 Å². The summed E-state index contributed by atoms with van der Waals surface area (Å²) in [4.78, 5) is 51.8. The van der Waals surface area contributed by atoms with E-state index in [0.29, 0.717) is 11.1 Å². The topological polar surface area (TPSA) is 149 Å². The Labute approximate surface area is 188 Å². The zero-order valence-electron chi connectivity index (χ0n) is 17.6. The van der Waals surface area contributed by atoms with Crippen molar-refractivity contribution in [3.05, 3.63) is 82.0 Å². The van der Waals surface area contributed by atoms with Gasteiger partial charge in [-0.1, -0.05) is 36.4 Å². The lowest BCUT2D eigenvalue weighted by Gasteiger charge is -2.24. The lowest BCUT2D eigenvalue weighted by Crippen LogP contribution is -2.46. The molecule has 2 N–H and O–H groups in total. The van der Waals surface area contributed by atoms with Crippen LogP contribution in [0.3, 0.4) is 0 Å². The molecule has 170 valence electrons. The predicted molar refractivity (Wildman–Crippen MR) is 118 cm³/mol. The lowest BCUT2D eigenvalue weighted by atomic mass is 9.88. The number of esters is 1. The SMILES string of the molecule is CCOC(=O)C[C@@H](c1ccc([N+](=O)[O-])cc1)[C@@H](NC(=O)c1ccc2ccccc2n1)C(=O)O. The number of ether oxygens (including phenoxy) is 1. The number of hydrogen-bond acceptors (Lipinski definition) is 7. The van der Waals surface area contributed by atoms with Crippen LogP contribution >= 0.6 is 0 Å². The van der Waals surface area contributed by atoms with E-state index >= 15 is 0 Å². The van der Waals surface area contributed by atoms with Crippen molar-refractivity contribution in [1.82, 2.24) is 10.3 Å². The first-order valence-electron chi connectivity index (χ1n) is 10.1.